The summed E-state index contributed by atoms with van der Waals surface area (Å²) < 4.78 is 15.5. The van der Waals surface area contributed by atoms with E-state index in [2.05, 4.69) is 5.43 Å². The average molecular weight is 253 g/mol. The van der Waals surface area contributed by atoms with Crippen LogP contribution in [0.5, 0.6) is 5.75 Å². The molecule has 0 radical (unpaired) electrons. The topological polar surface area (TPSA) is 90.8 Å². The molecule has 0 atom stereocenters. The smallest absolute Gasteiger partial charge is 0.417 e. The van der Waals surface area contributed by atoms with E-state index >= 15 is 0 Å². The molecule has 0 saturated heterocycles. The van der Waals surface area contributed by atoms with E-state index in [0.29, 0.717) is 5.75 Å². The van der Waals surface area contributed by atoms with Crippen LogP contribution in [0.3, 0.4) is 0 Å². The highest BCUT2D eigenvalue weighted by atomic mass is 35.5. The van der Waals surface area contributed by atoms with Crippen LogP contribution in [0.25, 0.3) is 0 Å². The van der Waals surface area contributed by atoms with Gasteiger partial charge in [0.15, 0.2) is 0 Å². The number of rotatable bonds is 4. The summed E-state index contributed by atoms with van der Waals surface area (Å²) in [5.74, 6) is 0.378. The molecule has 0 heterocycles. The lowest BCUT2D eigenvalue weighted by Crippen LogP contribution is -2.18. The van der Waals surface area contributed by atoms with Gasteiger partial charge in [-0.1, -0.05) is 17.7 Å². The number of benzene rings is 1. The van der Waals surface area contributed by atoms with Crippen LogP contribution in [-0.4, -0.2) is 16.9 Å². The standard InChI is InChI=1S/C7H10ClN2O4P/c1-14-6-4-2-3-5(8)7(6)9-10-15(11,12)13/h2-4,9H,1H3,(H3,10,11,12,13). The van der Waals surface area contributed by atoms with Gasteiger partial charge in [-0.2, -0.15) is 0 Å². The SMILES string of the molecule is COc1cccc(Cl)c1NNP(=O)(O)O. The van der Waals surface area contributed by atoms with E-state index in [1.54, 1.807) is 23.4 Å². The fourth-order valence-corrected chi connectivity index (χ4v) is 1.40. The van der Waals surface area contributed by atoms with Gasteiger partial charge in [-0.25, -0.2) is 4.57 Å². The molecule has 0 spiro atoms. The van der Waals surface area contributed by atoms with E-state index in [1.165, 1.54) is 7.11 Å². The third kappa shape index (κ3) is 3.70. The molecule has 0 aromatic heterocycles. The summed E-state index contributed by atoms with van der Waals surface area (Å²) in [5.41, 5.74) is 2.57. The molecule has 0 saturated carbocycles. The van der Waals surface area contributed by atoms with Gasteiger partial charge >= 0.3 is 7.75 Å². The van der Waals surface area contributed by atoms with Crippen LogP contribution < -0.4 is 15.4 Å². The molecular weight excluding hydrogens is 243 g/mol. The Morgan fingerprint density at radius 1 is 1.47 bits per heavy atom. The van der Waals surface area contributed by atoms with Crippen LogP contribution in [0.15, 0.2) is 18.2 Å². The number of ether oxygens (including phenoxy) is 1. The molecule has 0 aliphatic rings. The van der Waals surface area contributed by atoms with Gasteiger partial charge in [-0.15, -0.1) is 5.20 Å². The highest BCUT2D eigenvalue weighted by Gasteiger charge is 2.14. The molecule has 6 nitrogen and oxygen atoms in total. The first-order valence-corrected chi connectivity index (χ1v) is 5.84. The molecule has 0 fully saturated rings. The van der Waals surface area contributed by atoms with E-state index in [0.717, 1.165) is 0 Å². The maximum absolute atomic E-state index is 10.6. The molecule has 84 valence electrons. The number of nitrogens with one attached hydrogen (secondary N) is 2. The Bertz CT molecular complexity index is 395. The summed E-state index contributed by atoms with van der Waals surface area (Å²) in [6.45, 7) is 0. The van der Waals surface area contributed by atoms with E-state index in [1.807, 2.05) is 0 Å². The molecule has 0 unspecified atom stereocenters. The number of halogens is 1. The molecule has 15 heavy (non-hydrogen) atoms. The monoisotopic (exact) mass is 252 g/mol. The third-order valence-electron chi connectivity index (χ3n) is 1.52. The first-order chi connectivity index (χ1) is 6.94. The predicted molar refractivity (Wildman–Crippen MR) is 56.8 cm³/mol. The van der Waals surface area contributed by atoms with Gasteiger partial charge in [0.2, 0.25) is 0 Å². The van der Waals surface area contributed by atoms with Gasteiger partial charge in [0, 0.05) is 0 Å². The van der Waals surface area contributed by atoms with Crippen molar-refractivity contribution in [1.29, 1.82) is 0 Å². The lowest BCUT2D eigenvalue weighted by Gasteiger charge is -2.13. The lowest BCUT2D eigenvalue weighted by atomic mass is 10.3. The Labute approximate surface area is 91.4 Å². The number of hydrogen-bond donors (Lipinski definition) is 4. The Hall–Kier alpha value is -0.780. The van der Waals surface area contributed by atoms with Gasteiger partial charge in [-0.05, 0) is 12.1 Å². The van der Waals surface area contributed by atoms with Crippen LogP contribution in [0.1, 0.15) is 0 Å². The molecule has 0 aliphatic heterocycles. The van der Waals surface area contributed by atoms with Crippen molar-refractivity contribution in [2.75, 3.05) is 12.5 Å². The average Bonchev–Trinajstić information content (AvgIpc) is 2.14. The molecule has 0 aliphatic carbocycles. The fraction of sp³-hybridized carbons (Fsp3) is 0.143. The number of anilines is 1. The van der Waals surface area contributed by atoms with Crippen molar-refractivity contribution in [3.05, 3.63) is 23.2 Å². The Morgan fingerprint density at radius 2 is 2.13 bits per heavy atom. The van der Waals surface area contributed by atoms with Crippen molar-refractivity contribution in [3.8, 4) is 5.75 Å². The molecular formula is C7H10ClN2O4P. The molecule has 0 amide bonds. The summed E-state index contributed by atoms with van der Waals surface area (Å²) >= 11 is 5.80. The van der Waals surface area contributed by atoms with E-state index in [-0.39, 0.29) is 10.7 Å². The van der Waals surface area contributed by atoms with Crippen molar-refractivity contribution >= 4 is 25.0 Å². The minimum absolute atomic E-state index is 0.269. The van der Waals surface area contributed by atoms with Gasteiger partial charge in [0.25, 0.3) is 0 Å². The van der Waals surface area contributed by atoms with Crippen LogP contribution in [-0.2, 0) is 4.57 Å². The van der Waals surface area contributed by atoms with Gasteiger partial charge in [-0.3, -0.25) is 0 Å². The minimum atomic E-state index is -4.36. The summed E-state index contributed by atoms with van der Waals surface area (Å²) in [7, 11) is -2.93. The zero-order valence-corrected chi connectivity index (χ0v) is 9.42. The number of hydrogen-bond acceptors (Lipinski definition) is 3. The Morgan fingerprint density at radius 3 is 2.67 bits per heavy atom. The highest BCUT2D eigenvalue weighted by Crippen LogP contribution is 2.34. The van der Waals surface area contributed by atoms with Crippen molar-refractivity contribution in [1.82, 2.24) is 5.20 Å². The van der Waals surface area contributed by atoms with Crippen molar-refractivity contribution in [2.24, 2.45) is 0 Å². The number of para-hydroxylation sites is 1. The normalized spacial score (nSPS) is 11.2. The van der Waals surface area contributed by atoms with Crippen molar-refractivity contribution in [2.45, 2.75) is 0 Å². The zero-order valence-electron chi connectivity index (χ0n) is 7.77. The van der Waals surface area contributed by atoms with Gasteiger partial charge < -0.3 is 19.9 Å². The predicted octanol–water partition coefficient (Wildman–Crippen LogP) is 1.36. The lowest BCUT2D eigenvalue weighted by molar-refractivity contribution is 0.361. The van der Waals surface area contributed by atoms with Crippen molar-refractivity contribution < 1.29 is 19.1 Å². The quantitative estimate of drug-likeness (QED) is 0.478. The van der Waals surface area contributed by atoms with Crippen molar-refractivity contribution in [3.63, 3.8) is 0 Å². The molecule has 4 N–H and O–H groups in total. The second-order valence-electron chi connectivity index (χ2n) is 2.60. The maximum atomic E-state index is 10.6. The molecule has 1 aromatic rings. The van der Waals surface area contributed by atoms with Crippen LogP contribution in [0, 0.1) is 0 Å². The van der Waals surface area contributed by atoms with E-state index in [4.69, 9.17) is 26.1 Å². The fourth-order valence-electron chi connectivity index (χ4n) is 0.924. The van der Waals surface area contributed by atoms with Gasteiger partial charge in [0.1, 0.15) is 11.4 Å². The summed E-state index contributed by atoms with van der Waals surface area (Å²) in [6, 6.07) is 4.83. The van der Waals surface area contributed by atoms with Crippen LogP contribution in [0.4, 0.5) is 5.69 Å². The number of methoxy groups -OCH3 is 1. The first-order valence-electron chi connectivity index (χ1n) is 3.85. The zero-order chi connectivity index (χ0) is 11.5. The largest absolute Gasteiger partial charge is 0.494 e. The van der Waals surface area contributed by atoms with E-state index < -0.39 is 7.75 Å². The molecule has 1 aromatic carbocycles. The van der Waals surface area contributed by atoms with Crippen LogP contribution >= 0.6 is 19.3 Å². The molecule has 0 bridgehead atoms. The summed E-state index contributed by atoms with van der Waals surface area (Å²) in [5, 5.41) is 2.09. The first kappa shape index (κ1) is 12.3. The molecule has 8 heteroatoms. The summed E-state index contributed by atoms with van der Waals surface area (Å²) in [4.78, 5) is 17.2. The van der Waals surface area contributed by atoms with Crippen LogP contribution in [0.2, 0.25) is 5.02 Å². The minimum Gasteiger partial charge on any atom is -0.494 e. The molecule has 1 rings (SSSR count). The third-order valence-corrected chi connectivity index (χ3v) is 2.24. The second kappa shape index (κ2) is 4.83. The number of hydrazine groups is 1. The second-order valence-corrected chi connectivity index (χ2v) is 4.32. The summed E-state index contributed by atoms with van der Waals surface area (Å²) in [6.07, 6.45) is 0. The highest BCUT2D eigenvalue weighted by molar-refractivity contribution is 7.49. The Balaban J connectivity index is 2.88. The van der Waals surface area contributed by atoms with Gasteiger partial charge in [0.05, 0.1) is 12.1 Å². The maximum Gasteiger partial charge on any atom is 0.417 e. The Kier molecular flexibility index (Phi) is 3.96. The van der Waals surface area contributed by atoms with E-state index in [9.17, 15) is 4.57 Å².